The van der Waals surface area contributed by atoms with Crippen molar-refractivity contribution in [3.05, 3.63) is 58.7 Å². The first-order valence-electron chi connectivity index (χ1n) is 9.12. The summed E-state index contributed by atoms with van der Waals surface area (Å²) in [5, 5.41) is 12.5. The van der Waals surface area contributed by atoms with E-state index < -0.39 is 6.10 Å². The fourth-order valence-corrected chi connectivity index (χ4v) is 4.46. The van der Waals surface area contributed by atoms with Crippen LogP contribution in [0.3, 0.4) is 0 Å². The molecule has 0 aliphatic carbocycles. The molecule has 4 heterocycles. The summed E-state index contributed by atoms with van der Waals surface area (Å²) in [6, 6.07) is 9.86. The van der Waals surface area contributed by atoms with Gasteiger partial charge in [-0.2, -0.15) is 0 Å². The number of piperidine rings is 1. The maximum absolute atomic E-state index is 12.5. The summed E-state index contributed by atoms with van der Waals surface area (Å²) in [5.74, 6) is 0.433. The summed E-state index contributed by atoms with van der Waals surface area (Å²) in [5.41, 5.74) is 1.87. The number of hydrogen-bond donors (Lipinski definition) is 1. The number of aliphatic hydroxyl groups excluding tert-OH is 1. The van der Waals surface area contributed by atoms with Crippen LogP contribution in [-0.4, -0.2) is 38.4 Å². The Labute approximate surface area is 156 Å². The van der Waals surface area contributed by atoms with Gasteiger partial charge >= 0.3 is 0 Å². The molecule has 1 aliphatic rings. The second kappa shape index (κ2) is 7.60. The summed E-state index contributed by atoms with van der Waals surface area (Å²) in [4.78, 5) is 20.0. The summed E-state index contributed by atoms with van der Waals surface area (Å²) >= 11 is 1.60. The monoisotopic (exact) mass is 369 g/mol. The van der Waals surface area contributed by atoms with E-state index in [1.165, 1.54) is 0 Å². The lowest BCUT2D eigenvalue weighted by atomic mass is 9.90. The maximum Gasteiger partial charge on any atom is 0.222 e. The highest BCUT2D eigenvalue weighted by Crippen LogP contribution is 2.33. The predicted octanol–water partition coefficient (Wildman–Crippen LogP) is 3.30. The van der Waals surface area contributed by atoms with E-state index in [2.05, 4.69) is 4.98 Å². The highest BCUT2D eigenvalue weighted by Gasteiger charge is 2.28. The van der Waals surface area contributed by atoms with Gasteiger partial charge in [-0.1, -0.05) is 12.1 Å². The van der Waals surface area contributed by atoms with Crippen molar-refractivity contribution in [1.29, 1.82) is 0 Å². The molecule has 0 saturated carbocycles. The van der Waals surface area contributed by atoms with Crippen molar-refractivity contribution in [2.75, 3.05) is 13.1 Å². The Hall–Kier alpha value is -2.18. The Morgan fingerprint density at radius 1 is 1.27 bits per heavy atom. The molecule has 5 nitrogen and oxygen atoms in total. The summed E-state index contributed by atoms with van der Waals surface area (Å²) in [6.07, 6.45) is 6.44. The lowest BCUT2D eigenvalue weighted by Crippen LogP contribution is -2.39. The number of rotatable bonds is 5. The second-order valence-corrected chi connectivity index (χ2v) is 7.86. The van der Waals surface area contributed by atoms with Crippen molar-refractivity contribution in [2.45, 2.75) is 31.8 Å². The van der Waals surface area contributed by atoms with Gasteiger partial charge in [0.1, 0.15) is 5.65 Å². The lowest BCUT2D eigenvalue weighted by molar-refractivity contribution is -0.133. The minimum absolute atomic E-state index is 0.186. The minimum Gasteiger partial charge on any atom is -0.387 e. The summed E-state index contributed by atoms with van der Waals surface area (Å²) < 4.78 is 1.98. The smallest absolute Gasteiger partial charge is 0.222 e. The van der Waals surface area contributed by atoms with Crippen LogP contribution >= 0.6 is 11.3 Å². The number of aliphatic hydroxyl groups is 1. The van der Waals surface area contributed by atoms with Crippen molar-refractivity contribution < 1.29 is 9.90 Å². The molecule has 3 aromatic heterocycles. The Bertz CT molecular complexity index is 833. The first kappa shape index (κ1) is 17.2. The number of thiophene rings is 1. The van der Waals surface area contributed by atoms with Gasteiger partial charge in [-0.3, -0.25) is 4.79 Å². The van der Waals surface area contributed by atoms with E-state index in [0.29, 0.717) is 12.8 Å². The van der Waals surface area contributed by atoms with Crippen LogP contribution in [0.4, 0.5) is 0 Å². The molecule has 1 N–H and O–H groups in total. The number of nitrogens with zero attached hydrogens (tertiary/aromatic N) is 3. The van der Waals surface area contributed by atoms with Crippen molar-refractivity contribution in [2.24, 2.45) is 5.92 Å². The Kier molecular flexibility index (Phi) is 5.04. The van der Waals surface area contributed by atoms with Crippen LogP contribution < -0.4 is 0 Å². The van der Waals surface area contributed by atoms with Crippen molar-refractivity contribution in [3.8, 4) is 0 Å². The van der Waals surface area contributed by atoms with Crippen molar-refractivity contribution in [1.82, 2.24) is 14.3 Å². The number of hydrogen-bond acceptors (Lipinski definition) is 4. The predicted molar refractivity (Wildman–Crippen MR) is 102 cm³/mol. The molecule has 26 heavy (non-hydrogen) atoms. The Morgan fingerprint density at radius 3 is 2.85 bits per heavy atom. The Balaban J connectivity index is 1.28. The van der Waals surface area contributed by atoms with Gasteiger partial charge in [0.25, 0.3) is 0 Å². The van der Waals surface area contributed by atoms with Crippen molar-refractivity contribution in [3.63, 3.8) is 0 Å². The third kappa shape index (κ3) is 3.66. The molecule has 1 saturated heterocycles. The van der Waals surface area contributed by atoms with Crippen LogP contribution in [0.2, 0.25) is 0 Å². The number of pyridine rings is 1. The molecule has 0 spiro atoms. The maximum atomic E-state index is 12.5. The van der Waals surface area contributed by atoms with Crippen LogP contribution in [0.25, 0.3) is 5.65 Å². The van der Waals surface area contributed by atoms with Gasteiger partial charge in [0.15, 0.2) is 0 Å². The molecule has 0 bridgehead atoms. The number of imidazole rings is 1. The SMILES string of the molecule is O=C(CCc1cn2ccccc2n1)N1CCC(C(O)c2cccs2)CC1. The van der Waals surface area contributed by atoms with E-state index in [0.717, 1.165) is 42.1 Å². The molecule has 1 atom stereocenters. The van der Waals surface area contributed by atoms with Crippen LogP contribution in [0, 0.1) is 5.92 Å². The van der Waals surface area contributed by atoms with E-state index in [1.54, 1.807) is 11.3 Å². The van der Waals surface area contributed by atoms with E-state index in [-0.39, 0.29) is 11.8 Å². The molecular formula is C20H23N3O2S. The highest BCUT2D eigenvalue weighted by molar-refractivity contribution is 7.10. The van der Waals surface area contributed by atoms with Gasteiger partial charge in [0, 0.05) is 36.8 Å². The van der Waals surface area contributed by atoms with Crippen LogP contribution in [0.5, 0.6) is 0 Å². The molecule has 1 amide bonds. The topological polar surface area (TPSA) is 57.8 Å². The van der Waals surface area contributed by atoms with Gasteiger partial charge in [-0.25, -0.2) is 4.98 Å². The molecule has 4 rings (SSSR count). The van der Waals surface area contributed by atoms with Crippen molar-refractivity contribution >= 4 is 22.9 Å². The standard InChI is InChI=1S/C20H23N3O2S/c24-19(7-6-16-14-23-10-2-1-5-18(23)21-16)22-11-8-15(9-12-22)20(25)17-4-3-13-26-17/h1-5,10,13-15,20,25H,6-9,11-12H2. The third-order valence-electron chi connectivity index (χ3n) is 5.18. The second-order valence-electron chi connectivity index (χ2n) is 6.88. The number of likely N-dealkylation sites (tertiary alicyclic amines) is 1. The fourth-order valence-electron chi connectivity index (χ4n) is 3.66. The molecule has 0 aromatic carbocycles. The van der Waals surface area contributed by atoms with Crippen LogP contribution in [0.1, 0.15) is 35.9 Å². The number of carbonyl (C=O) groups is 1. The normalized spacial score (nSPS) is 16.9. The molecule has 136 valence electrons. The van der Waals surface area contributed by atoms with E-state index >= 15 is 0 Å². The van der Waals surface area contributed by atoms with E-state index in [4.69, 9.17) is 0 Å². The summed E-state index contributed by atoms with van der Waals surface area (Å²) in [6.45, 7) is 1.47. The fraction of sp³-hybridized carbons (Fsp3) is 0.400. The summed E-state index contributed by atoms with van der Waals surface area (Å²) in [7, 11) is 0. The van der Waals surface area contributed by atoms with Gasteiger partial charge in [-0.05, 0) is 48.8 Å². The molecule has 6 heteroatoms. The van der Waals surface area contributed by atoms with Gasteiger partial charge in [0.05, 0.1) is 11.8 Å². The van der Waals surface area contributed by atoms with Gasteiger partial charge < -0.3 is 14.4 Å². The first-order valence-corrected chi connectivity index (χ1v) is 10.0. The number of fused-ring (bicyclic) bond motifs is 1. The zero-order chi connectivity index (χ0) is 17.9. The quantitative estimate of drug-likeness (QED) is 0.751. The average Bonchev–Trinajstić information content (AvgIpc) is 3.35. The number of aryl methyl sites for hydroxylation is 1. The van der Waals surface area contributed by atoms with Gasteiger partial charge in [-0.15, -0.1) is 11.3 Å². The van der Waals surface area contributed by atoms with Crippen LogP contribution in [0.15, 0.2) is 48.1 Å². The van der Waals surface area contributed by atoms with Crippen LogP contribution in [-0.2, 0) is 11.2 Å². The van der Waals surface area contributed by atoms with Gasteiger partial charge in [0.2, 0.25) is 5.91 Å². The lowest BCUT2D eigenvalue weighted by Gasteiger charge is -2.34. The minimum atomic E-state index is -0.398. The highest BCUT2D eigenvalue weighted by atomic mass is 32.1. The third-order valence-corrected chi connectivity index (χ3v) is 6.13. The molecular weight excluding hydrogens is 346 g/mol. The number of carbonyl (C=O) groups excluding carboxylic acids is 1. The van der Waals surface area contributed by atoms with E-state index in [9.17, 15) is 9.90 Å². The first-order chi connectivity index (χ1) is 12.7. The molecule has 1 fully saturated rings. The average molecular weight is 369 g/mol. The Morgan fingerprint density at radius 2 is 2.12 bits per heavy atom. The largest absolute Gasteiger partial charge is 0.387 e. The number of aromatic nitrogens is 2. The molecule has 3 aromatic rings. The zero-order valence-electron chi connectivity index (χ0n) is 14.6. The molecule has 1 unspecified atom stereocenters. The number of amides is 1. The molecule has 1 aliphatic heterocycles. The molecule has 0 radical (unpaired) electrons. The van der Waals surface area contributed by atoms with E-state index in [1.807, 2.05) is 57.4 Å². The zero-order valence-corrected chi connectivity index (χ0v) is 15.4.